The van der Waals surface area contributed by atoms with Crippen molar-refractivity contribution in [2.45, 2.75) is 5.41 Å². The van der Waals surface area contributed by atoms with Crippen molar-refractivity contribution in [1.82, 2.24) is 4.98 Å². The fourth-order valence-corrected chi connectivity index (χ4v) is 6.93. The summed E-state index contributed by atoms with van der Waals surface area (Å²) in [5, 5.41) is 11.9. The van der Waals surface area contributed by atoms with Gasteiger partial charge in [0.15, 0.2) is 0 Å². The molecule has 0 N–H and O–H groups in total. The Morgan fingerprint density at radius 3 is 1.91 bits per heavy atom. The number of hydrogen-bond donors (Lipinski definition) is 0. The van der Waals surface area contributed by atoms with Gasteiger partial charge in [-0.25, -0.2) is 0 Å². The molecule has 1 heterocycles. The number of nitriles is 1. The Morgan fingerprint density at radius 2 is 1.19 bits per heavy atom. The minimum atomic E-state index is -0.463. The van der Waals surface area contributed by atoms with E-state index in [1.54, 1.807) is 12.3 Å². The van der Waals surface area contributed by atoms with Crippen molar-refractivity contribution >= 4 is 10.8 Å². The highest BCUT2D eigenvalue weighted by Gasteiger charge is 2.46. The molecule has 0 aliphatic heterocycles. The average molecular weight is 547 g/mol. The van der Waals surface area contributed by atoms with Crippen LogP contribution in [0.15, 0.2) is 158 Å². The predicted octanol–water partition coefficient (Wildman–Crippen LogP) is 9.80. The quantitative estimate of drug-likeness (QED) is 0.220. The molecule has 0 spiro atoms. The molecular formula is C41H26N2. The molecule has 7 aromatic rings. The van der Waals surface area contributed by atoms with Crippen molar-refractivity contribution < 1.29 is 0 Å². The van der Waals surface area contributed by atoms with Crippen LogP contribution >= 0.6 is 0 Å². The summed E-state index contributed by atoms with van der Waals surface area (Å²) in [6.45, 7) is 0. The van der Waals surface area contributed by atoms with Crippen molar-refractivity contribution in [3.63, 3.8) is 0 Å². The number of nitrogens with zero attached hydrogens (tertiary/aromatic N) is 2. The maximum atomic E-state index is 9.33. The number of rotatable bonds is 4. The first-order chi connectivity index (χ1) is 21.3. The summed E-state index contributed by atoms with van der Waals surface area (Å²) >= 11 is 0. The first kappa shape index (κ1) is 25.0. The normalized spacial score (nSPS) is 12.8. The van der Waals surface area contributed by atoms with Crippen molar-refractivity contribution in [2.24, 2.45) is 0 Å². The van der Waals surface area contributed by atoms with Crippen LogP contribution in [0.4, 0.5) is 0 Å². The van der Waals surface area contributed by atoms with Crippen LogP contribution in [0.3, 0.4) is 0 Å². The van der Waals surface area contributed by atoms with Crippen molar-refractivity contribution in [2.75, 3.05) is 0 Å². The van der Waals surface area contributed by atoms with Crippen LogP contribution in [-0.4, -0.2) is 4.98 Å². The summed E-state index contributed by atoms with van der Waals surface area (Å²) in [5.74, 6) is 0. The molecule has 1 aliphatic rings. The van der Waals surface area contributed by atoms with Gasteiger partial charge in [-0.05, 0) is 73.5 Å². The molecule has 0 atom stereocenters. The Balaban J connectivity index is 1.38. The predicted molar refractivity (Wildman–Crippen MR) is 175 cm³/mol. The third kappa shape index (κ3) is 3.83. The third-order valence-electron chi connectivity index (χ3n) is 8.84. The molecule has 6 aromatic carbocycles. The molecule has 0 bridgehead atoms. The highest BCUT2D eigenvalue weighted by atomic mass is 14.7. The number of hydrogen-bond acceptors (Lipinski definition) is 2. The fraction of sp³-hybridized carbons (Fsp3) is 0.0244. The van der Waals surface area contributed by atoms with Gasteiger partial charge in [-0.3, -0.25) is 4.98 Å². The molecule has 2 nitrogen and oxygen atoms in total. The number of benzene rings is 6. The van der Waals surface area contributed by atoms with E-state index in [9.17, 15) is 5.26 Å². The average Bonchev–Trinajstić information content (AvgIpc) is 3.40. The molecule has 43 heavy (non-hydrogen) atoms. The maximum Gasteiger partial charge on any atom is 0.0992 e. The van der Waals surface area contributed by atoms with E-state index in [1.165, 1.54) is 44.2 Å². The van der Waals surface area contributed by atoms with Gasteiger partial charge < -0.3 is 0 Å². The van der Waals surface area contributed by atoms with Crippen LogP contribution in [0.25, 0.3) is 44.3 Å². The summed E-state index contributed by atoms with van der Waals surface area (Å²) < 4.78 is 0. The van der Waals surface area contributed by atoms with Gasteiger partial charge in [0.1, 0.15) is 0 Å². The highest BCUT2D eigenvalue weighted by Crippen LogP contribution is 2.58. The maximum absolute atomic E-state index is 9.33. The van der Waals surface area contributed by atoms with Crippen molar-refractivity contribution in [1.29, 1.82) is 5.26 Å². The van der Waals surface area contributed by atoms with E-state index in [0.29, 0.717) is 5.56 Å². The van der Waals surface area contributed by atoms with Crippen molar-refractivity contribution in [3.8, 4) is 39.6 Å². The summed E-state index contributed by atoms with van der Waals surface area (Å²) in [7, 11) is 0. The van der Waals surface area contributed by atoms with Crippen LogP contribution in [-0.2, 0) is 5.41 Å². The SMILES string of the molecule is N#Cc1ccnc(-c2ccc(-c3ccc4c(c3)C(c3ccccc3)(c3ccccc3)c3ccc5ccccc5c3-4)cc2)c1. The van der Waals surface area contributed by atoms with Gasteiger partial charge >= 0.3 is 0 Å². The van der Waals surface area contributed by atoms with Gasteiger partial charge in [0, 0.05) is 11.8 Å². The Labute approximate surface area is 251 Å². The van der Waals surface area contributed by atoms with Crippen molar-refractivity contribution in [3.05, 3.63) is 186 Å². The first-order valence-electron chi connectivity index (χ1n) is 14.5. The third-order valence-corrected chi connectivity index (χ3v) is 8.84. The minimum Gasteiger partial charge on any atom is -0.256 e. The Morgan fingerprint density at radius 1 is 0.535 bits per heavy atom. The number of pyridine rings is 1. The molecule has 1 aliphatic carbocycles. The van der Waals surface area contributed by atoms with Crippen LogP contribution in [0.2, 0.25) is 0 Å². The molecule has 200 valence electrons. The van der Waals surface area contributed by atoms with E-state index in [1.807, 2.05) is 6.07 Å². The lowest BCUT2D eigenvalue weighted by molar-refractivity contribution is 0.769. The molecule has 1 aromatic heterocycles. The zero-order valence-electron chi connectivity index (χ0n) is 23.4. The van der Waals surface area contributed by atoms with E-state index in [0.717, 1.165) is 22.4 Å². The Bertz CT molecular complexity index is 2130. The summed E-state index contributed by atoms with van der Waals surface area (Å²) in [5.41, 5.74) is 11.9. The Hall–Kier alpha value is -5.78. The second-order valence-corrected chi connectivity index (χ2v) is 11.1. The van der Waals surface area contributed by atoms with Gasteiger partial charge in [-0.2, -0.15) is 5.26 Å². The smallest absolute Gasteiger partial charge is 0.0992 e. The first-order valence-corrected chi connectivity index (χ1v) is 14.5. The summed E-state index contributed by atoms with van der Waals surface area (Å²) in [6.07, 6.45) is 1.69. The number of fused-ring (bicyclic) bond motifs is 5. The monoisotopic (exact) mass is 546 g/mol. The highest BCUT2D eigenvalue weighted by molar-refractivity contribution is 6.04. The lowest BCUT2D eigenvalue weighted by Crippen LogP contribution is -2.28. The molecule has 2 heteroatoms. The molecular weight excluding hydrogens is 520 g/mol. The van der Waals surface area contributed by atoms with Gasteiger partial charge in [0.25, 0.3) is 0 Å². The van der Waals surface area contributed by atoms with E-state index >= 15 is 0 Å². The van der Waals surface area contributed by atoms with Crippen LogP contribution in [0, 0.1) is 11.3 Å². The van der Waals surface area contributed by atoms with E-state index in [-0.39, 0.29) is 0 Å². The molecule has 0 radical (unpaired) electrons. The van der Waals surface area contributed by atoms with Crippen LogP contribution in [0.5, 0.6) is 0 Å². The van der Waals surface area contributed by atoms with Gasteiger partial charge in [0.05, 0.1) is 22.7 Å². The van der Waals surface area contributed by atoms with E-state index in [4.69, 9.17) is 0 Å². The Kier molecular flexibility index (Phi) is 5.77. The van der Waals surface area contributed by atoms with Gasteiger partial charge in [-0.15, -0.1) is 0 Å². The molecule has 8 rings (SSSR count). The molecule has 0 unspecified atom stereocenters. The zero-order valence-corrected chi connectivity index (χ0v) is 23.4. The molecule has 0 amide bonds. The lowest BCUT2D eigenvalue weighted by Gasteiger charge is -2.34. The van der Waals surface area contributed by atoms with Gasteiger partial charge in [-0.1, -0.05) is 133 Å². The molecule has 0 fully saturated rings. The minimum absolute atomic E-state index is 0.463. The van der Waals surface area contributed by atoms with Gasteiger partial charge in [0.2, 0.25) is 0 Å². The van der Waals surface area contributed by atoms with Crippen LogP contribution < -0.4 is 0 Å². The zero-order chi connectivity index (χ0) is 28.8. The lowest BCUT2D eigenvalue weighted by atomic mass is 9.67. The largest absolute Gasteiger partial charge is 0.256 e. The molecule has 0 saturated heterocycles. The van der Waals surface area contributed by atoms with E-state index < -0.39 is 5.41 Å². The second-order valence-electron chi connectivity index (χ2n) is 11.1. The standard InChI is InChI=1S/C41H26N2/c42-27-28-23-24-43-39(25-28)31-17-15-29(16-18-31)32-19-21-36-38(26-32)41(33-10-3-1-4-11-33,34-12-5-2-6-13-34)37-22-20-30-9-7-8-14-35(30)40(36)37/h1-26H. The summed E-state index contributed by atoms with van der Waals surface area (Å²) in [4.78, 5) is 4.49. The fourth-order valence-electron chi connectivity index (χ4n) is 6.93. The molecule has 0 saturated carbocycles. The van der Waals surface area contributed by atoms with E-state index in [2.05, 4.69) is 151 Å². The second kappa shape index (κ2) is 9.94. The van der Waals surface area contributed by atoms with Crippen LogP contribution in [0.1, 0.15) is 27.8 Å². The summed E-state index contributed by atoms with van der Waals surface area (Å²) in [6, 6.07) is 56.4. The number of aromatic nitrogens is 1. The topological polar surface area (TPSA) is 36.7 Å².